The van der Waals surface area contributed by atoms with Gasteiger partial charge >= 0.3 is 5.82 Å². The summed E-state index contributed by atoms with van der Waals surface area (Å²) in [5.74, 6) is 1.68. The fraction of sp³-hybridized carbons (Fsp3) is 0.267. The number of aromatic nitrogens is 5. The van der Waals surface area contributed by atoms with E-state index in [1.165, 1.54) is 10.8 Å². The van der Waals surface area contributed by atoms with Crippen LogP contribution in [0.2, 0.25) is 0 Å². The third-order valence-electron chi connectivity index (χ3n) is 3.72. The van der Waals surface area contributed by atoms with E-state index >= 15 is 0 Å². The van der Waals surface area contributed by atoms with Gasteiger partial charge in [-0.05, 0) is 30.9 Å². The predicted molar refractivity (Wildman–Crippen MR) is 91.5 cm³/mol. The summed E-state index contributed by atoms with van der Waals surface area (Å²) in [6.45, 7) is 4.09. The second kappa shape index (κ2) is 6.44. The first-order valence-electron chi connectivity index (χ1n) is 7.39. The number of rotatable bonds is 5. The molecule has 0 amide bonds. The van der Waals surface area contributed by atoms with Crippen LogP contribution >= 0.6 is 12.6 Å². The number of para-hydroxylation sites is 1. The first-order chi connectivity index (χ1) is 11.5. The van der Waals surface area contributed by atoms with E-state index in [-0.39, 0.29) is 5.82 Å². The van der Waals surface area contributed by atoms with E-state index in [2.05, 4.69) is 27.8 Å². The number of aryl methyl sites for hydroxylation is 1. The summed E-state index contributed by atoms with van der Waals surface area (Å²) in [4.78, 5) is 14.9. The summed E-state index contributed by atoms with van der Waals surface area (Å²) >= 11 is 4.62. The van der Waals surface area contributed by atoms with E-state index in [1.54, 1.807) is 0 Å². The van der Waals surface area contributed by atoms with Crippen LogP contribution in [0, 0.1) is 17.0 Å². The average Bonchev–Trinajstić information content (AvgIpc) is 3.18. The van der Waals surface area contributed by atoms with Crippen molar-refractivity contribution in [1.29, 1.82) is 0 Å². The summed E-state index contributed by atoms with van der Waals surface area (Å²) in [5.41, 5.74) is 0.901. The predicted octanol–water partition coefficient (Wildman–Crippen LogP) is 2.72. The Morgan fingerprint density at radius 3 is 2.58 bits per heavy atom. The van der Waals surface area contributed by atoms with E-state index in [0.29, 0.717) is 24.0 Å². The summed E-state index contributed by atoms with van der Waals surface area (Å²) in [6.07, 6.45) is 1.25. The number of nitrogens with zero attached hydrogens (tertiary/aromatic N) is 6. The molecule has 1 atom stereocenters. The van der Waals surface area contributed by atoms with E-state index < -0.39 is 10.2 Å². The lowest BCUT2D eigenvalue weighted by Crippen LogP contribution is -2.12. The highest BCUT2D eigenvalue weighted by molar-refractivity contribution is 7.80. The first kappa shape index (κ1) is 16.2. The minimum atomic E-state index is -0.542. The third kappa shape index (κ3) is 2.67. The largest absolute Gasteiger partial charge is 0.358 e. The van der Waals surface area contributed by atoms with Gasteiger partial charge in [0.25, 0.3) is 0 Å². The fourth-order valence-electron chi connectivity index (χ4n) is 2.64. The smallest absolute Gasteiger partial charge is 0.342 e. The van der Waals surface area contributed by atoms with Gasteiger partial charge in [0.15, 0.2) is 5.82 Å². The van der Waals surface area contributed by atoms with Crippen molar-refractivity contribution in [2.75, 3.05) is 0 Å². The molecule has 124 valence electrons. The number of thiol groups is 1. The SMILES string of the molecule is CCn1c([N+](=O)[O-])cnc1C(S)c1nnc(C)n1-c1ccccc1. The number of nitro groups is 1. The molecule has 1 unspecified atom stereocenters. The minimum absolute atomic E-state index is 0.0611. The van der Waals surface area contributed by atoms with Crippen molar-refractivity contribution in [3.05, 3.63) is 64.1 Å². The Morgan fingerprint density at radius 1 is 1.25 bits per heavy atom. The normalized spacial score (nSPS) is 12.3. The van der Waals surface area contributed by atoms with Crippen LogP contribution in [0.4, 0.5) is 5.82 Å². The topological polar surface area (TPSA) is 91.7 Å². The van der Waals surface area contributed by atoms with Crippen LogP contribution in [0.25, 0.3) is 5.69 Å². The zero-order valence-corrected chi connectivity index (χ0v) is 14.1. The average molecular weight is 344 g/mol. The van der Waals surface area contributed by atoms with Gasteiger partial charge in [0.2, 0.25) is 5.82 Å². The molecule has 8 nitrogen and oxygen atoms in total. The Morgan fingerprint density at radius 2 is 1.96 bits per heavy atom. The summed E-state index contributed by atoms with van der Waals surface area (Å²) in [7, 11) is 0. The molecule has 3 rings (SSSR count). The van der Waals surface area contributed by atoms with Gasteiger partial charge in [-0.3, -0.25) is 4.57 Å². The van der Waals surface area contributed by atoms with Crippen molar-refractivity contribution in [2.24, 2.45) is 0 Å². The van der Waals surface area contributed by atoms with Crippen LogP contribution in [0.3, 0.4) is 0 Å². The van der Waals surface area contributed by atoms with Gasteiger partial charge < -0.3 is 10.1 Å². The molecule has 2 aromatic heterocycles. The molecule has 0 bridgehead atoms. The van der Waals surface area contributed by atoms with Crippen LogP contribution in [0.5, 0.6) is 0 Å². The Balaban J connectivity index is 2.10. The standard InChI is InChI=1S/C15H16N6O2S/c1-3-19-12(21(22)23)9-16-14(19)13(24)15-18-17-10(2)20(15)11-7-5-4-6-8-11/h4-9,13,24H,3H2,1-2H3. The molecule has 0 fully saturated rings. The van der Waals surface area contributed by atoms with Crippen molar-refractivity contribution in [3.63, 3.8) is 0 Å². The quantitative estimate of drug-likeness (QED) is 0.436. The van der Waals surface area contributed by atoms with Crippen molar-refractivity contribution in [2.45, 2.75) is 25.6 Å². The summed E-state index contributed by atoms with van der Waals surface area (Å²) in [6, 6.07) is 9.65. The van der Waals surface area contributed by atoms with Crippen LogP contribution in [0.1, 0.15) is 29.6 Å². The summed E-state index contributed by atoms with van der Waals surface area (Å²) < 4.78 is 3.40. The molecule has 0 aliphatic rings. The van der Waals surface area contributed by atoms with Gasteiger partial charge in [-0.1, -0.05) is 18.2 Å². The molecule has 0 spiro atoms. The lowest BCUT2D eigenvalue weighted by Gasteiger charge is -2.12. The van der Waals surface area contributed by atoms with E-state index in [4.69, 9.17) is 0 Å². The lowest BCUT2D eigenvalue weighted by molar-refractivity contribution is -0.392. The Labute approximate surface area is 143 Å². The zero-order chi connectivity index (χ0) is 17.3. The van der Waals surface area contributed by atoms with Gasteiger partial charge in [-0.25, -0.2) is 9.55 Å². The number of imidazole rings is 1. The molecule has 0 aliphatic carbocycles. The molecule has 3 aromatic rings. The maximum absolute atomic E-state index is 11.1. The molecular weight excluding hydrogens is 328 g/mol. The minimum Gasteiger partial charge on any atom is -0.358 e. The summed E-state index contributed by atoms with van der Waals surface area (Å²) in [5, 5.41) is 18.9. The molecule has 0 saturated carbocycles. The van der Waals surface area contributed by atoms with E-state index in [1.807, 2.05) is 48.7 Å². The molecule has 1 aromatic carbocycles. The highest BCUT2D eigenvalue weighted by Crippen LogP contribution is 2.30. The van der Waals surface area contributed by atoms with Gasteiger partial charge in [-0.2, -0.15) is 12.6 Å². The van der Waals surface area contributed by atoms with Gasteiger partial charge in [0.05, 0.1) is 6.54 Å². The maximum Gasteiger partial charge on any atom is 0.342 e. The van der Waals surface area contributed by atoms with Crippen molar-refractivity contribution in [1.82, 2.24) is 24.3 Å². The van der Waals surface area contributed by atoms with Crippen molar-refractivity contribution in [3.8, 4) is 5.69 Å². The van der Waals surface area contributed by atoms with Crippen LogP contribution in [-0.4, -0.2) is 29.2 Å². The third-order valence-corrected chi connectivity index (χ3v) is 4.18. The van der Waals surface area contributed by atoms with Gasteiger partial charge in [0, 0.05) is 5.69 Å². The van der Waals surface area contributed by atoms with Crippen LogP contribution < -0.4 is 0 Å². The van der Waals surface area contributed by atoms with Crippen molar-refractivity contribution < 1.29 is 4.92 Å². The molecule has 24 heavy (non-hydrogen) atoms. The van der Waals surface area contributed by atoms with Crippen LogP contribution in [0.15, 0.2) is 36.5 Å². The fourth-order valence-corrected chi connectivity index (χ4v) is 3.01. The molecular formula is C15H16N6O2S. The van der Waals surface area contributed by atoms with E-state index in [0.717, 1.165) is 5.69 Å². The second-order valence-corrected chi connectivity index (χ2v) is 5.67. The highest BCUT2D eigenvalue weighted by atomic mass is 32.1. The zero-order valence-electron chi connectivity index (χ0n) is 13.2. The van der Waals surface area contributed by atoms with Gasteiger partial charge in [0.1, 0.15) is 17.3 Å². The first-order valence-corrected chi connectivity index (χ1v) is 7.91. The highest BCUT2D eigenvalue weighted by Gasteiger charge is 2.29. The van der Waals surface area contributed by atoms with Gasteiger partial charge in [-0.15, -0.1) is 10.2 Å². The van der Waals surface area contributed by atoms with E-state index in [9.17, 15) is 10.1 Å². The molecule has 2 heterocycles. The number of hydrogen-bond acceptors (Lipinski definition) is 6. The Bertz CT molecular complexity index is 873. The number of benzene rings is 1. The second-order valence-electron chi connectivity index (χ2n) is 5.15. The molecule has 0 aliphatic heterocycles. The Kier molecular flexibility index (Phi) is 4.34. The molecule has 0 N–H and O–H groups in total. The Hall–Kier alpha value is -2.68. The number of hydrogen-bond donors (Lipinski definition) is 1. The molecule has 0 saturated heterocycles. The lowest BCUT2D eigenvalue weighted by atomic mass is 10.3. The molecule has 9 heteroatoms. The maximum atomic E-state index is 11.1. The van der Waals surface area contributed by atoms with Crippen molar-refractivity contribution >= 4 is 18.4 Å². The van der Waals surface area contributed by atoms with Crippen LogP contribution in [-0.2, 0) is 6.54 Å². The molecule has 0 radical (unpaired) electrons. The monoisotopic (exact) mass is 344 g/mol.